The van der Waals surface area contributed by atoms with Crippen molar-refractivity contribution >= 4 is 34.0 Å². The molecule has 10 heteroatoms. The Hall–Kier alpha value is -3.66. The minimum Gasteiger partial charge on any atom is -0.482 e. The number of rotatable bonds is 6. The van der Waals surface area contributed by atoms with E-state index in [0.717, 1.165) is 23.8 Å². The summed E-state index contributed by atoms with van der Waals surface area (Å²) in [5, 5.41) is 3.35. The first-order valence-corrected chi connectivity index (χ1v) is 16.1. The number of carbonyl (C=O) groups is 2. The van der Waals surface area contributed by atoms with Gasteiger partial charge in [-0.1, -0.05) is 62.4 Å². The fourth-order valence-corrected chi connectivity index (χ4v) is 6.54. The minimum absolute atomic E-state index is 0.0837. The molecule has 0 unspecified atom stereocenters. The smallest absolute Gasteiger partial charge is 0.325 e. The van der Waals surface area contributed by atoms with E-state index >= 15 is 4.39 Å². The average molecular weight is 623 g/mol. The molecule has 0 radical (unpaired) electrons. The van der Waals surface area contributed by atoms with Crippen LogP contribution in [0.5, 0.6) is 5.75 Å². The second kappa shape index (κ2) is 12.4. The van der Waals surface area contributed by atoms with E-state index in [9.17, 15) is 9.59 Å². The van der Waals surface area contributed by atoms with Gasteiger partial charge < -0.3 is 24.6 Å². The molecule has 0 atom stereocenters. The van der Waals surface area contributed by atoms with E-state index in [4.69, 9.17) is 9.47 Å². The lowest BCUT2D eigenvalue weighted by atomic mass is 9.86. The number of ether oxygens (including phenoxy) is 2. The number of fused-ring (bicyclic) bond motifs is 1. The molecule has 2 aromatic carbocycles. The Morgan fingerprint density at radius 3 is 2.36 bits per heavy atom. The average Bonchev–Trinajstić information content (AvgIpc) is 3.39. The molecule has 1 saturated heterocycles. The summed E-state index contributed by atoms with van der Waals surface area (Å²) in [6, 6.07) is 13.9. The number of nitrogens with one attached hydrogen (secondary N) is 1. The van der Waals surface area contributed by atoms with E-state index in [2.05, 4.69) is 65.1 Å². The van der Waals surface area contributed by atoms with Gasteiger partial charge in [0.2, 0.25) is 0 Å². The highest BCUT2D eigenvalue weighted by atomic mass is 32.1. The third-order valence-electron chi connectivity index (χ3n) is 8.11. The summed E-state index contributed by atoms with van der Waals surface area (Å²) < 4.78 is 27.1. The predicted octanol–water partition coefficient (Wildman–Crippen LogP) is 6.48. The monoisotopic (exact) mass is 622 g/mol. The van der Waals surface area contributed by atoms with Crippen LogP contribution in [0.15, 0.2) is 48.7 Å². The summed E-state index contributed by atoms with van der Waals surface area (Å²) in [5.41, 5.74) is 2.21. The Morgan fingerprint density at radius 2 is 1.70 bits per heavy atom. The maximum absolute atomic E-state index is 15.3. The van der Waals surface area contributed by atoms with Crippen LogP contribution in [0.25, 0.3) is 0 Å². The van der Waals surface area contributed by atoms with E-state index in [0.29, 0.717) is 43.1 Å². The fraction of sp³-hybridized carbons (Fsp3) is 0.500. The van der Waals surface area contributed by atoms with E-state index in [-0.39, 0.29) is 23.7 Å². The third kappa shape index (κ3) is 7.52. The van der Waals surface area contributed by atoms with Crippen LogP contribution in [0.1, 0.15) is 81.6 Å². The van der Waals surface area contributed by atoms with Crippen molar-refractivity contribution in [3.8, 4) is 5.75 Å². The van der Waals surface area contributed by atoms with E-state index in [1.807, 2.05) is 6.07 Å². The lowest BCUT2D eigenvalue weighted by Crippen LogP contribution is -2.48. The number of hydrogen-bond donors (Lipinski definition) is 1. The second-order valence-electron chi connectivity index (χ2n) is 13.8. The zero-order chi connectivity index (χ0) is 31.7. The van der Waals surface area contributed by atoms with Gasteiger partial charge in [-0.3, -0.25) is 9.59 Å². The van der Waals surface area contributed by atoms with Crippen molar-refractivity contribution in [3.05, 3.63) is 70.5 Å². The van der Waals surface area contributed by atoms with Crippen molar-refractivity contribution in [1.29, 1.82) is 0 Å². The molecule has 2 aliphatic rings. The van der Waals surface area contributed by atoms with E-state index in [1.54, 1.807) is 26.8 Å². The summed E-state index contributed by atoms with van der Waals surface area (Å²) in [7, 11) is 0. The number of aromatic nitrogens is 1. The highest BCUT2D eigenvalue weighted by molar-refractivity contribution is 7.17. The van der Waals surface area contributed by atoms with Crippen molar-refractivity contribution in [2.75, 3.05) is 36.0 Å². The van der Waals surface area contributed by atoms with Gasteiger partial charge >= 0.3 is 5.97 Å². The maximum atomic E-state index is 15.3. The lowest BCUT2D eigenvalue weighted by Gasteiger charge is -2.41. The standard InChI is InChI=1S/C34H43FN4O4S/c1-32(2,3)24-12-10-23(11-13-24)22-39-19-16-34(43-29-25(35)8-7-9-26(29)39)14-17-38(18-15-34)31-37-20-27(44-31)30(41)36-21-28(40)42-33(4,5)6/h7-13,20H,14-19,21-22H2,1-6H3,(H,36,41). The molecule has 1 fully saturated rings. The number of piperidine rings is 1. The normalized spacial score (nSPS) is 16.6. The molecular formula is C34H43FN4O4S. The number of para-hydroxylation sites is 1. The summed E-state index contributed by atoms with van der Waals surface area (Å²) in [4.78, 5) is 33.9. The van der Waals surface area contributed by atoms with Crippen molar-refractivity contribution in [3.63, 3.8) is 0 Å². The summed E-state index contributed by atoms with van der Waals surface area (Å²) in [6.45, 7) is 14.5. The number of thiazole rings is 1. The molecule has 0 aliphatic carbocycles. The Kier molecular flexibility index (Phi) is 8.94. The lowest BCUT2D eigenvalue weighted by molar-refractivity contribution is -0.153. The first-order chi connectivity index (χ1) is 20.7. The van der Waals surface area contributed by atoms with Gasteiger partial charge in [0.25, 0.3) is 5.91 Å². The second-order valence-corrected chi connectivity index (χ2v) is 14.8. The van der Waals surface area contributed by atoms with Crippen LogP contribution in [0.2, 0.25) is 0 Å². The molecule has 0 bridgehead atoms. The van der Waals surface area contributed by atoms with Crippen molar-refractivity contribution in [2.24, 2.45) is 0 Å². The quantitative estimate of drug-likeness (QED) is 0.315. The van der Waals surface area contributed by atoms with Crippen LogP contribution < -0.4 is 19.9 Å². The molecule has 44 heavy (non-hydrogen) atoms. The van der Waals surface area contributed by atoms with Gasteiger partial charge in [-0.25, -0.2) is 9.37 Å². The molecule has 2 aliphatic heterocycles. The Balaban J connectivity index is 1.23. The molecule has 8 nitrogen and oxygen atoms in total. The number of amides is 1. The Morgan fingerprint density at radius 1 is 1.02 bits per heavy atom. The highest BCUT2D eigenvalue weighted by Crippen LogP contribution is 2.43. The van der Waals surface area contributed by atoms with Crippen LogP contribution >= 0.6 is 11.3 Å². The molecule has 1 amide bonds. The predicted molar refractivity (Wildman–Crippen MR) is 172 cm³/mol. The van der Waals surface area contributed by atoms with Gasteiger partial charge in [0.15, 0.2) is 16.7 Å². The van der Waals surface area contributed by atoms with Crippen LogP contribution in [-0.4, -0.2) is 54.2 Å². The number of halogens is 1. The summed E-state index contributed by atoms with van der Waals surface area (Å²) in [5.74, 6) is -0.875. The third-order valence-corrected chi connectivity index (χ3v) is 9.17. The number of hydrogen-bond acceptors (Lipinski definition) is 8. The summed E-state index contributed by atoms with van der Waals surface area (Å²) in [6.07, 6.45) is 3.71. The Labute approximate surface area is 263 Å². The SMILES string of the molecule is CC(C)(C)OC(=O)CNC(=O)c1cnc(N2CCC3(CC2)CCN(Cc2ccc(C(C)(C)C)cc2)c2cccc(F)c2O3)s1. The molecule has 3 heterocycles. The molecular weight excluding hydrogens is 579 g/mol. The fourth-order valence-electron chi connectivity index (χ4n) is 5.66. The largest absolute Gasteiger partial charge is 0.482 e. The van der Waals surface area contributed by atoms with Gasteiger partial charge in [0.1, 0.15) is 22.6 Å². The van der Waals surface area contributed by atoms with Gasteiger partial charge in [-0.15, -0.1) is 0 Å². The van der Waals surface area contributed by atoms with Crippen molar-refractivity contribution < 1.29 is 23.5 Å². The first kappa shape index (κ1) is 31.8. The molecule has 1 spiro atoms. The molecule has 1 aromatic heterocycles. The Bertz CT molecular complexity index is 1480. The molecule has 1 N–H and O–H groups in total. The number of benzene rings is 2. The zero-order valence-corrected chi connectivity index (χ0v) is 27.4. The highest BCUT2D eigenvalue weighted by Gasteiger charge is 2.41. The van der Waals surface area contributed by atoms with Crippen molar-refractivity contribution in [1.82, 2.24) is 10.3 Å². The van der Waals surface area contributed by atoms with Crippen LogP contribution in [0, 0.1) is 5.82 Å². The zero-order valence-electron chi connectivity index (χ0n) is 26.5. The molecule has 0 saturated carbocycles. The number of carbonyl (C=O) groups excluding carboxylic acids is 2. The van der Waals surface area contributed by atoms with Crippen LogP contribution in [-0.2, 0) is 21.5 Å². The number of nitrogens with zero attached hydrogens (tertiary/aromatic N) is 3. The van der Waals surface area contributed by atoms with Gasteiger partial charge in [0.05, 0.1) is 11.9 Å². The molecule has 236 valence electrons. The van der Waals surface area contributed by atoms with Crippen LogP contribution in [0.4, 0.5) is 15.2 Å². The molecule has 5 rings (SSSR count). The van der Waals surface area contributed by atoms with Gasteiger partial charge in [0, 0.05) is 45.4 Å². The van der Waals surface area contributed by atoms with E-state index < -0.39 is 17.2 Å². The maximum Gasteiger partial charge on any atom is 0.325 e. The van der Waals surface area contributed by atoms with E-state index in [1.165, 1.54) is 34.7 Å². The number of anilines is 2. The van der Waals surface area contributed by atoms with Gasteiger partial charge in [-0.2, -0.15) is 0 Å². The van der Waals surface area contributed by atoms with Crippen LogP contribution in [0.3, 0.4) is 0 Å². The van der Waals surface area contributed by atoms with Gasteiger partial charge in [-0.05, 0) is 49.4 Å². The summed E-state index contributed by atoms with van der Waals surface area (Å²) >= 11 is 1.29. The number of esters is 1. The topological polar surface area (TPSA) is 84.0 Å². The molecule has 3 aromatic rings. The first-order valence-electron chi connectivity index (χ1n) is 15.2. The minimum atomic E-state index is -0.614. The van der Waals surface area contributed by atoms with Crippen molar-refractivity contribution in [2.45, 2.75) is 84.0 Å².